The van der Waals surface area contributed by atoms with Crippen molar-refractivity contribution in [2.75, 3.05) is 6.61 Å². The Morgan fingerprint density at radius 2 is 2.33 bits per heavy atom. The zero-order valence-corrected chi connectivity index (χ0v) is 7.64. The largest absolute Gasteiger partial charge is 0.461 e. The first kappa shape index (κ1) is 9.30. The van der Waals surface area contributed by atoms with Crippen molar-refractivity contribution in [1.29, 1.82) is 0 Å². The second-order valence-electron chi connectivity index (χ2n) is 3.17. The smallest absolute Gasteiger partial charge is 0.306 e. The van der Waals surface area contributed by atoms with Crippen LogP contribution in [0.3, 0.4) is 0 Å². The Hall–Kier alpha value is -0.790. The van der Waals surface area contributed by atoms with Crippen LogP contribution >= 0.6 is 0 Å². The normalized spacial score (nSPS) is 21.1. The highest BCUT2D eigenvalue weighted by molar-refractivity contribution is 5.71. The van der Waals surface area contributed by atoms with Gasteiger partial charge in [-0.1, -0.05) is 25.8 Å². The first-order valence-electron chi connectivity index (χ1n) is 4.66. The molecule has 0 spiro atoms. The molecule has 12 heavy (non-hydrogen) atoms. The summed E-state index contributed by atoms with van der Waals surface area (Å²) in [5, 5.41) is 0. The lowest BCUT2D eigenvalue weighted by Crippen LogP contribution is -2.14. The summed E-state index contributed by atoms with van der Waals surface area (Å²) in [6.07, 6.45) is 7.28. The molecule has 0 saturated carbocycles. The molecular weight excluding hydrogens is 152 g/mol. The monoisotopic (exact) mass is 168 g/mol. The first-order valence-corrected chi connectivity index (χ1v) is 4.66. The standard InChI is InChI=1S/C10H16O2/c1-2-3-4-5-9-6-7-10(11)12-8-9/h5H,2-4,6-8H2,1H3/b9-5-. The third-order valence-electron chi connectivity index (χ3n) is 2.06. The summed E-state index contributed by atoms with van der Waals surface area (Å²) in [6, 6.07) is 0. The molecule has 0 amide bonds. The number of hydrogen-bond acceptors (Lipinski definition) is 2. The molecule has 0 aliphatic carbocycles. The summed E-state index contributed by atoms with van der Waals surface area (Å²) in [6.45, 7) is 2.71. The molecule has 1 saturated heterocycles. The fourth-order valence-electron chi connectivity index (χ4n) is 1.25. The molecule has 1 rings (SSSR count). The minimum absolute atomic E-state index is 0.0531. The van der Waals surface area contributed by atoms with E-state index in [9.17, 15) is 4.79 Å². The lowest BCUT2D eigenvalue weighted by molar-refractivity contribution is -0.144. The van der Waals surface area contributed by atoms with E-state index in [1.54, 1.807) is 0 Å². The summed E-state index contributed by atoms with van der Waals surface area (Å²) in [5.74, 6) is -0.0531. The SMILES string of the molecule is CCCC/C=C1/CCC(=O)OC1. The number of esters is 1. The molecule has 0 unspecified atom stereocenters. The number of cyclic esters (lactones) is 1. The predicted octanol–water partition coefficient (Wildman–Crippen LogP) is 2.44. The van der Waals surface area contributed by atoms with Crippen LogP contribution in [-0.2, 0) is 9.53 Å². The van der Waals surface area contributed by atoms with Gasteiger partial charge in [0.1, 0.15) is 6.61 Å². The average molecular weight is 168 g/mol. The van der Waals surface area contributed by atoms with E-state index >= 15 is 0 Å². The van der Waals surface area contributed by atoms with E-state index in [4.69, 9.17) is 4.74 Å². The fraction of sp³-hybridized carbons (Fsp3) is 0.700. The van der Waals surface area contributed by atoms with Gasteiger partial charge in [-0.25, -0.2) is 0 Å². The van der Waals surface area contributed by atoms with Crippen LogP contribution < -0.4 is 0 Å². The van der Waals surface area contributed by atoms with Crippen LogP contribution in [0.4, 0.5) is 0 Å². The molecule has 1 heterocycles. The van der Waals surface area contributed by atoms with Gasteiger partial charge in [0.2, 0.25) is 0 Å². The third-order valence-corrected chi connectivity index (χ3v) is 2.06. The quantitative estimate of drug-likeness (QED) is 0.367. The van der Waals surface area contributed by atoms with E-state index in [0.29, 0.717) is 13.0 Å². The van der Waals surface area contributed by atoms with Gasteiger partial charge in [0.15, 0.2) is 0 Å². The van der Waals surface area contributed by atoms with E-state index in [1.165, 1.54) is 18.4 Å². The van der Waals surface area contributed by atoms with Crippen molar-refractivity contribution in [3.05, 3.63) is 11.6 Å². The molecule has 1 fully saturated rings. The van der Waals surface area contributed by atoms with E-state index in [1.807, 2.05) is 0 Å². The van der Waals surface area contributed by atoms with Gasteiger partial charge in [-0.15, -0.1) is 0 Å². The summed E-state index contributed by atoms with van der Waals surface area (Å²) < 4.78 is 4.91. The number of unbranched alkanes of at least 4 members (excludes halogenated alkanes) is 2. The van der Waals surface area contributed by atoms with Gasteiger partial charge in [0.25, 0.3) is 0 Å². The van der Waals surface area contributed by atoms with Gasteiger partial charge in [-0.3, -0.25) is 4.79 Å². The van der Waals surface area contributed by atoms with Gasteiger partial charge in [-0.05, 0) is 18.4 Å². The lowest BCUT2D eigenvalue weighted by Gasteiger charge is -2.13. The Morgan fingerprint density at radius 1 is 1.50 bits per heavy atom. The second-order valence-corrected chi connectivity index (χ2v) is 3.17. The lowest BCUT2D eigenvalue weighted by atomic mass is 10.1. The maximum Gasteiger partial charge on any atom is 0.306 e. The molecule has 0 N–H and O–H groups in total. The Morgan fingerprint density at radius 3 is 2.92 bits per heavy atom. The number of ether oxygens (including phenoxy) is 1. The molecule has 0 bridgehead atoms. The first-order chi connectivity index (χ1) is 5.83. The van der Waals surface area contributed by atoms with Crippen LogP contribution in [0, 0.1) is 0 Å². The number of carbonyl (C=O) groups is 1. The molecule has 1 aliphatic heterocycles. The van der Waals surface area contributed by atoms with E-state index < -0.39 is 0 Å². The van der Waals surface area contributed by atoms with Crippen molar-refractivity contribution < 1.29 is 9.53 Å². The minimum Gasteiger partial charge on any atom is -0.461 e. The molecule has 0 aromatic heterocycles. The van der Waals surface area contributed by atoms with Gasteiger partial charge in [0, 0.05) is 6.42 Å². The van der Waals surface area contributed by atoms with E-state index in [2.05, 4.69) is 13.0 Å². The summed E-state index contributed by atoms with van der Waals surface area (Å²) in [4.78, 5) is 10.7. The maximum atomic E-state index is 10.7. The van der Waals surface area contributed by atoms with Gasteiger partial charge >= 0.3 is 5.97 Å². The van der Waals surface area contributed by atoms with Crippen molar-refractivity contribution >= 4 is 5.97 Å². The van der Waals surface area contributed by atoms with Crippen LogP contribution in [0.15, 0.2) is 11.6 Å². The minimum atomic E-state index is -0.0531. The fourth-order valence-corrected chi connectivity index (χ4v) is 1.25. The summed E-state index contributed by atoms with van der Waals surface area (Å²) in [5.41, 5.74) is 1.29. The Kier molecular flexibility index (Phi) is 3.85. The van der Waals surface area contributed by atoms with Crippen molar-refractivity contribution in [3.63, 3.8) is 0 Å². The molecule has 0 radical (unpaired) electrons. The van der Waals surface area contributed by atoms with Crippen molar-refractivity contribution in [3.8, 4) is 0 Å². The Labute approximate surface area is 73.6 Å². The van der Waals surface area contributed by atoms with E-state index in [0.717, 1.165) is 12.8 Å². The van der Waals surface area contributed by atoms with Crippen LogP contribution in [0.1, 0.15) is 39.0 Å². The number of allylic oxidation sites excluding steroid dienone is 1. The summed E-state index contributed by atoms with van der Waals surface area (Å²) >= 11 is 0. The highest BCUT2D eigenvalue weighted by atomic mass is 16.5. The highest BCUT2D eigenvalue weighted by Gasteiger charge is 2.12. The molecule has 1 aliphatic rings. The molecule has 0 aromatic carbocycles. The van der Waals surface area contributed by atoms with Crippen LogP contribution in [0.25, 0.3) is 0 Å². The van der Waals surface area contributed by atoms with Crippen LogP contribution in [0.5, 0.6) is 0 Å². The molecule has 0 aromatic rings. The van der Waals surface area contributed by atoms with Crippen LogP contribution in [0.2, 0.25) is 0 Å². The molecule has 2 heteroatoms. The van der Waals surface area contributed by atoms with Gasteiger partial charge in [-0.2, -0.15) is 0 Å². The summed E-state index contributed by atoms with van der Waals surface area (Å²) in [7, 11) is 0. The number of hydrogen-bond donors (Lipinski definition) is 0. The molecular formula is C10H16O2. The molecule has 68 valence electrons. The van der Waals surface area contributed by atoms with Crippen LogP contribution in [-0.4, -0.2) is 12.6 Å². The highest BCUT2D eigenvalue weighted by Crippen LogP contribution is 2.14. The topological polar surface area (TPSA) is 26.3 Å². The Bertz CT molecular complexity index is 170. The molecule has 2 nitrogen and oxygen atoms in total. The van der Waals surface area contributed by atoms with Gasteiger partial charge in [0.05, 0.1) is 0 Å². The van der Waals surface area contributed by atoms with E-state index in [-0.39, 0.29) is 5.97 Å². The van der Waals surface area contributed by atoms with Crippen molar-refractivity contribution in [1.82, 2.24) is 0 Å². The number of rotatable bonds is 3. The van der Waals surface area contributed by atoms with Crippen molar-refractivity contribution in [2.24, 2.45) is 0 Å². The Balaban J connectivity index is 2.24. The zero-order valence-electron chi connectivity index (χ0n) is 7.64. The van der Waals surface area contributed by atoms with Gasteiger partial charge < -0.3 is 4.74 Å². The maximum absolute atomic E-state index is 10.7. The predicted molar refractivity (Wildman–Crippen MR) is 47.8 cm³/mol. The molecule has 0 atom stereocenters. The second kappa shape index (κ2) is 4.96. The zero-order chi connectivity index (χ0) is 8.81. The van der Waals surface area contributed by atoms with Crippen molar-refractivity contribution in [2.45, 2.75) is 39.0 Å². The average Bonchev–Trinajstić information content (AvgIpc) is 2.09. The number of carbonyl (C=O) groups excluding carboxylic acids is 1. The third kappa shape index (κ3) is 3.07.